The smallest absolute Gasteiger partial charge is 0.263 e. The monoisotopic (exact) mass is 507 g/mol. The van der Waals surface area contributed by atoms with Crippen LogP contribution in [0.15, 0.2) is 40.1 Å². The van der Waals surface area contributed by atoms with E-state index in [2.05, 4.69) is 30.2 Å². The highest BCUT2D eigenvalue weighted by Crippen LogP contribution is 2.53. The van der Waals surface area contributed by atoms with Crippen LogP contribution in [0.25, 0.3) is 12.3 Å². The van der Waals surface area contributed by atoms with E-state index in [1.807, 2.05) is 11.8 Å². The Bertz CT molecular complexity index is 1350. The number of nitrogens with zero attached hydrogens (tertiary/aromatic N) is 3. The van der Waals surface area contributed by atoms with Crippen molar-refractivity contribution in [2.24, 2.45) is 17.8 Å². The number of aliphatic imine (C=N–C) groups is 1. The zero-order chi connectivity index (χ0) is 26.3. The van der Waals surface area contributed by atoms with E-state index in [-0.39, 0.29) is 21.6 Å². The molecule has 1 aromatic carbocycles. The van der Waals surface area contributed by atoms with E-state index in [0.29, 0.717) is 29.3 Å². The van der Waals surface area contributed by atoms with E-state index in [9.17, 15) is 9.59 Å². The zero-order valence-corrected chi connectivity index (χ0v) is 22.0. The summed E-state index contributed by atoms with van der Waals surface area (Å²) >= 11 is 1.85. The van der Waals surface area contributed by atoms with Crippen LogP contribution in [0.5, 0.6) is 0 Å². The Morgan fingerprint density at radius 3 is 2.64 bits per heavy atom. The fourth-order valence-corrected chi connectivity index (χ4v) is 5.35. The number of carbonyl (C=O) groups excluding carboxylic acids is 1. The summed E-state index contributed by atoms with van der Waals surface area (Å²) in [5.41, 5.74) is 6.87. The van der Waals surface area contributed by atoms with E-state index >= 15 is 0 Å². The molecule has 3 N–H and O–H groups in total. The van der Waals surface area contributed by atoms with E-state index in [1.165, 1.54) is 4.57 Å². The first-order valence-corrected chi connectivity index (χ1v) is 12.6. The van der Waals surface area contributed by atoms with Crippen molar-refractivity contribution in [3.63, 3.8) is 0 Å². The maximum absolute atomic E-state index is 13.1. The highest BCUT2D eigenvalue weighted by atomic mass is 32.2. The number of nitriles is 1. The summed E-state index contributed by atoms with van der Waals surface area (Å²) in [4.78, 5) is 30.0. The Labute approximate surface area is 215 Å². The molecule has 9 heteroatoms. The number of hydrogen-bond acceptors (Lipinski definition) is 7. The lowest BCUT2D eigenvalue weighted by Gasteiger charge is -2.27. The SMILES string of the molecule is CN=C/C=c1/cc(C(=O)NCc2ccc(C#N)cc2)c(=O)n(C)/c1=C\OCC1(SC(C)(C)CN)CC1. The minimum atomic E-state index is -0.479. The normalized spacial score (nSPS) is 15.7. The molecular weight excluding hydrogens is 474 g/mol. The third-order valence-electron chi connectivity index (χ3n) is 6.01. The van der Waals surface area contributed by atoms with Crippen molar-refractivity contribution in [2.45, 2.75) is 42.7 Å². The fourth-order valence-electron chi connectivity index (χ4n) is 3.66. The molecule has 1 heterocycles. The fraction of sp³-hybridized carbons (Fsp3) is 0.407. The van der Waals surface area contributed by atoms with Gasteiger partial charge in [-0.25, -0.2) is 0 Å². The van der Waals surface area contributed by atoms with Crippen LogP contribution in [-0.4, -0.2) is 46.4 Å². The molecule has 2 aromatic rings. The summed E-state index contributed by atoms with van der Waals surface area (Å²) < 4.78 is 7.41. The van der Waals surface area contributed by atoms with E-state index < -0.39 is 11.5 Å². The van der Waals surface area contributed by atoms with Crippen molar-refractivity contribution in [3.8, 4) is 6.07 Å². The molecule has 0 saturated heterocycles. The van der Waals surface area contributed by atoms with Gasteiger partial charge in [0.15, 0.2) is 0 Å². The van der Waals surface area contributed by atoms with E-state index in [1.54, 1.807) is 63.0 Å². The first kappa shape index (κ1) is 27.2. The second-order valence-corrected chi connectivity index (χ2v) is 11.7. The molecule has 1 aliphatic rings. The number of nitrogens with two attached hydrogens (primary N) is 1. The molecule has 1 aromatic heterocycles. The van der Waals surface area contributed by atoms with Gasteiger partial charge in [-0.2, -0.15) is 5.26 Å². The van der Waals surface area contributed by atoms with Crippen LogP contribution < -0.4 is 27.2 Å². The molecule has 36 heavy (non-hydrogen) atoms. The largest absolute Gasteiger partial charge is 0.498 e. The van der Waals surface area contributed by atoms with Gasteiger partial charge in [-0.3, -0.25) is 14.6 Å². The summed E-state index contributed by atoms with van der Waals surface area (Å²) in [6, 6.07) is 10.5. The number of carbonyl (C=O) groups is 1. The lowest BCUT2D eigenvalue weighted by molar-refractivity contribution is 0.0948. The standard InChI is InChI=1S/C27H33N5O3S/c1-26(2,17-29)36-27(10-11-27)18-35-16-23-21(9-12-30-3)13-22(25(34)32(23)4)24(33)31-15-20-7-5-19(14-28)6-8-20/h5-9,12-13,16H,10-11,15,17-18,29H2,1-4H3,(H,31,33)/b21-9-,23-16-,30-12?. The van der Waals surface area contributed by atoms with Crippen molar-refractivity contribution in [2.75, 3.05) is 20.2 Å². The third-order valence-corrected chi connectivity index (χ3v) is 7.69. The first-order chi connectivity index (χ1) is 17.1. The van der Waals surface area contributed by atoms with Crippen LogP contribution in [-0.2, 0) is 18.3 Å². The molecular formula is C27H33N5O3S. The topological polar surface area (TPSA) is 122 Å². The number of aromatic nitrogens is 1. The van der Waals surface area contributed by atoms with Gasteiger partial charge in [0.05, 0.1) is 21.7 Å². The summed E-state index contributed by atoms with van der Waals surface area (Å²) in [7, 11) is 3.27. The number of nitrogens with one attached hydrogen (secondary N) is 1. The number of hydrogen-bond donors (Lipinski definition) is 2. The molecule has 1 fully saturated rings. The molecule has 0 bridgehead atoms. The van der Waals surface area contributed by atoms with E-state index in [4.69, 9.17) is 15.7 Å². The van der Waals surface area contributed by atoms with Gasteiger partial charge in [-0.15, -0.1) is 11.8 Å². The van der Waals surface area contributed by atoms with E-state index in [0.717, 1.165) is 18.4 Å². The van der Waals surface area contributed by atoms with Crippen molar-refractivity contribution in [1.29, 1.82) is 5.26 Å². The third kappa shape index (κ3) is 6.86. The average molecular weight is 508 g/mol. The summed E-state index contributed by atoms with van der Waals surface area (Å²) in [6.45, 7) is 5.60. The van der Waals surface area contributed by atoms with Crippen molar-refractivity contribution >= 4 is 36.2 Å². The number of rotatable bonds is 10. The Balaban J connectivity index is 1.84. The molecule has 0 aliphatic heterocycles. The van der Waals surface area contributed by atoms with Crippen molar-refractivity contribution < 1.29 is 9.53 Å². The van der Waals surface area contributed by atoms with Crippen LogP contribution in [0, 0.1) is 11.3 Å². The van der Waals surface area contributed by atoms with Crippen LogP contribution in [0.4, 0.5) is 0 Å². The van der Waals surface area contributed by atoms with Gasteiger partial charge < -0.3 is 20.4 Å². The Hall–Kier alpha value is -3.35. The Kier molecular flexibility index (Phi) is 8.77. The van der Waals surface area contributed by atoms with Crippen LogP contribution >= 0.6 is 11.8 Å². The van der Waals surface area contributed by atoms with Gasteiger partial charge in [0.1, 0.15) is 18.4 Å². The van der Waals surface area contributed by atoms with Gasteiger partial charge in [0.25, 0.3) is 11.5 Å². The minimum absolute atomic E-state index is 0.0259. The predicted octanol–water partition coefficient (Wildman–Crippen LogP) is 1.43. The summed E-state index contributed by atoms with van der Waals surface area (Å²) in [5.74, 6) is -0.479. The van der Waals surface area contributed by atoms with Crippen LogP contribution in [0.3, 0.4) is 0 Å². The molecule has 1 amide bonds. The number of thioether (sulfide) groups is 1. The molecule has 190 valence electrons. The molecule has 0 unspecified atom stereocenters. The molecule has 0 spiro atoms. The Morgan fingerprint density at radius 1 is 1.36 bits per heavy atom. The highest BCUT2D eigenvalue weighted by molar-refractivity contribution is 8.02. The summed E-state index contributed by atoms with van der Waals surface area (Å²) in [6.07, 6.45) is 7.06. The van der Waals surface area contributed by atoms with Crippen molar-refractivity contribution in [1.82, 2.24) is 9.88 Å². The second-order valence-electron chi connectivity index (χ2n) is 9.51. The molecule has 3 rings (SSSR count). The molecule has 0 atom stereocenters. The molecule has 1 saturated carbocycles. The maximum atomic E-state index is 13.1. The Morgan fingerprint density at radius 2 is 2.06 bits per heavy atom. The van der Waals surface area contributed by atoms with Crippen molar-refractivity contribution in [3.05, 3.63) is 67.9 Å². The highest BCUT2D eigenvalue weighted by Gasteiger charge is 2.47. The van der Waals surface area contributed by atoms with Gasteiger partial charge in [-0.1, -0.05) is 12.1 Å². The van der Waals surface area contributed by atoms with Gasteiger partial charge in [-0.05, 0) is 56.5 Å². The lowest BCUT2D eigenvalue weighted by Crippen LogP contribution is -2.46. The number of pyridine rings is 1. The maximum Gasteiger partial charge on any atom is 0.263 e. The second kappa shape index (κ2) is 11.6. The summed E-state index contributed by atoms with van der Waals surface area (Å²) in [5, 5.41) is 12.9. The van der Waals surface area contributed by atoms with Gasteiger partial charge in [0, 0.05) is 43.4 Å². The molecule has 0 radical (unpaired) electrons. The zero-order valence-electron chi connectivity index (χ0n) is 21.2. The van der Waals surface area contributed by atoms with Crippen LogP contribution in [0.2, 0.25) is 0 Å². The predicted molar refractivity (Wildman–Crippen MR) is 145 cm³/mol. The average Bonchev–Trinajstić information content (AvgIpc) is 3.63. The first-order valence-electron chi connectivity index (χ1n) is 11.8. The van der Waals surface area contributed by atoms with Gasteiger partial charge >= 0.3 is 0 Å². The number of benzene rings is 1. The molecule has 1 aliphatic carbocycles. The molecule has 8 nitrogen and oxygen atoms in total. The minimum Gasteiger partial charge on any atom is -0.498 e. The lowest BCUT2D eigenvalue weighted by atomic mass is 10.1. The number of amides is 1. The van der Waals surface area contributed by atoms with Gasteiger partial charge in [0.2, 0.25) is 0 Å². The van der Waals surface area contributed by atoms with Crippen LogP contribution in [0.1, 0.15) is 48.2 Å². The number of ether oxygens (including phenoxy) is 1. The quantitative estimate of drug-likeness (QED) is 0.469.